The Bertz CT molecular complexity index is 1270. The number of aromatic hydroxyl groups is 1. The van der Waals surface area contributed by atoms with E-state index in [1.807, 2.05) is 13.8 Å². The lowest BCUT2D eigenvalue weighted by atomic mass is 9.55. The zero-order valence-corrected chi connectivity index (χ0v) is 17.6. The number of carboxylic acids is 1. The number of carbonyl (C=O) groups is 1. The van der Waals surface area contributed by atoms with E-state index in [1.165, 1.54) is 12.1 Å². The van der Waals surface area contributed by atoms with Crippen molar-refractivity contribution in [3.63, 3.8) is 0 Å². The number of alkyl halides is 1. The van der Waals surface area contributed by atoms with Crippen LogP contribution in [0.15, 0.2) is 36.4 Å². The van der Waals surface area contributed by atoms with Gasteiger partial charge in [-0.1, -0.05) is 19.9 Å². The molecule has 0 amide bonds. The highest BCUT2D eigenvalue weighted by atomic mass is 19.2. The molecule has 2 N–H and O–H groups in total. The third-order valence-electron chi connectivity index (χ3n) is 6.90. The maximum atomic E-state index is 14.2. The van der Waals surface area contributed by atoms with Crippen molar-refractivity contribution < 1.29 is 32.9 Å². The minimum atomic E-state index is -1.56. The van der Waals surface area contributed by atoms with Crippen LogP contribution in [0.2, 0.25) is 0 Å². The molecule has 5 rings (SSSR count). The van der Waals surface area contributed by atoms with E-state index in [0.29, 0.717) is 27.8 Å². The van der Waals surface area contributed by atoms with Gasteiger partial charge in [0.2, 0.25) is 0 Å². The molecular formula is C24H22F3NO4. The van der Waals surface area contributed by atoms with E-state index >= 15 is 0 Å². The molecule has 32 heavy (non-hydrogen) atoms. The van der Waals surface area contributed by atoms with E-state index in [0.717, 1.165) is 12.1 Å². The Labute approximate surface area is 182 Å². The van der Waals surface area contributed by atoms with E-state index < -0.39 is 40.7 Å². The Kier molecular flexibility index (Phi) is 4.25. The SMILES string of the molecule is CC1(C)CO[C@]2(C[C@](CF)(C(=O)O)C2)c2c1n(-c1ccc(F)c(F)c1)c1cccc(O)c12. The van der Waals surface area contributed by atoms with Crippen LogP contribution in [-0.2, 0) is 20.5 Å². The molecule has 1 saturated carbocycles. The molecule has 1 aliphatic carbocycles. The smallest absolute Gasteiger partial charge is 0.312 e. The second-order valence-electron chi connectivity index (χ2n) is 9.57. The Balaban J connectivity index is 1.85. The van der Waals surface area contributed by atoms with Gasteiger partial charge in [0.25, 0.3) is 0 Å². The topological polar surface area (TPSA) is 71.7 Å². The number of carboxylic acid groups (broad SMARTS) is 1. The maximum absolute atomic E-state index is 14.2. The van der Waals surface area contributed by atoms with Crippen LogP contribution < -0.4 is 0 Å². The number of hydrogen-bond acceptors (Lipinski definition) is 3. The summed E-state index contributed by atoms with van der Waals surface area (Å²) in [5.41, 5.74) is -1.09. The summed E-state index contributed by atoms with van der Waals surface area (Å²) in [6.45, 7) is 3.02. The first kappa shape index (κ1) is 20.9. The zero-order valence-electron chi connectivity index (χ0n) is 17.6. The molecule has 2 aromatic carbocycles. The van der Waals surface area contributed by atoms with E-state index in [-0.39, 0.29) is 25.2 Å². The molecule has 2 aliphatic rings. The molecule has 2 heterocycles. The largest absolute Gasteiger partial charge is 0.507 e. The molecule has 8 heteroatoms. The summed E-state index contributed by atoms with van der Waals surface area (Å²) in [5, 5.41) is 20.9. The number of fused-ring (bicyclic) bond motifs is 4. The van der Waals surface area contributed by atoms with Crippen molar-refractivity contribution in [3.8, 4) is 11.4 Å². The van der Waals surface area contributed by atoms with E-state index in [1.54, 1.807) is 16.7 Å². The number of rotatable bonds is 3. The number of phenolic OH excluding ortho intramolecular Hbond substituents is 1. The predicted octanol–water partition coefficient (Wildman–Crippen LogP) is 4.95. The summed E-state index contributed by atoms with van der Waals surface area (Å²) >= 11 is 0. The van der Waals surface area contributed by atoms with Gasteiger partial charge in [-0.05, 0) is 37.1 Å². The van der Waals surface area contributed by atoms with Crippen LogP contribution >= 0.6 is 0 Å². The van der Waals surface area contributed by atoms with Crippen LogP contribution in [0.5, 0.6) is 5.75 Å². The number of ether oxygens (including phenoxy) is 1. The Morgan fingerprint density at radius 1 is 1.16 bits per heavy atom. The van der Waals surface area contributed by atoms with Crippen molar-refractivity contribution >= 4 is 16.9 Å². The number of phenols is 1. The molecule has 0 radical (unpaired) electrons. The maximum Gasteiger partial charge on any atom is 0.312 e. The summed E-state index contributed by atoms with van der Waals surface area (Å²) in [6.07, 6.45) is -0.166. The fraction of sp³-hybridized carbons (Fsp3) is 0.375. The first-order valence-corrected chi connectivity index (χ1v) is 10.3. The van der Waals surface area contributed by atoms with Gasteiger partial charge in [0, 0.05) is 33.8 Å². The van der Waals surface area contributed by atoms with E-state index in [9.17, 15) is 28.2 Å². The van der Waals surface area contributed by atoms with Crippen LogP contribution in [0, 0.1) is 17.0 Å². The Morgan fingerprint density at radius 2 is 1.88 bits per heavy atom. The summed E-state index contributed by atoms with van der Waals surface area (Å²) in [4.78, 5) is 11.8. The number of benzene rings is 2. The van der Waals surface area contributed by atoms with Gasteiger partial charge < -0.3 is 19.5 Å². The van der Waals surface area contributed by atoms with Gasteiger partial charge in [0.05, 0.1) is 17.7 Å². The Hall–Kier alpha value is -3.00. The van der Waals surface area contributed by atoms with Gasteiger partial charge >= 0.3 is 5.97 Å². The molecule has 0 unspecified atom stereocenters. The van der Waals surface area contributed by atoms with Gasteiger partial charge in [-0.3, -0.25) is 4.79 Å². The first-order chi connectivity index (χ1) is 15.1. The molecule has 0 bridgehead atoms. The number of hydrogen-bond donors (Lipinski definition) is 2. The van der Waals surface area contributed by atoms with E-state index in [2.05, 4.69) is 0 Å². The van der Waals surface area contributed by atoms with Crippen molar-refractivity contribution in [1.29, 1.82) is 0 Å². The van der Waals surface area contributed by atoms with Crippen molar-refractivity contribution in [1.82, 2.24) is 4.57 Å². The highest BCUT2D eigenvalue weighted by Crippen LogP contribution is 2.63. The average molecular weight is 445 g/mol. The van der Waals surface area contributed by atoms with Gasteiger partial charge in [-0.25, -0.2) is 13.2 Å². The average Bonchev–Trinajstić information content (AvgIpc) is 3.07. The normalized spacial score (nSPS) is 26.2. The standard InChI is InChI=1S/C24H22F3NO4/c1-22(2)12-32-24(9-23(10-24,11-25)21(30)31)19-18-16(4-3-5-17(18)29)28(20(19)22)13-6-7-14(26)15(27)8-13/h3-8,29H,9-12H2,1-2H3,(H,30,31)/t23-,24-. The second kappa shape index (κ2) is 6.51. The number of aliphatic carboxylic acids is 1. The van der Waals surface area contributed by atoms with Crippen LogP contribution in [0.3, 0.4) is 0 Å². The van der Waals surface area contributed by atoms with Gasteiger partial charge in [0.15, 0.2) is 11.6 Å². The molecule has 1 aliphatic heterocycles. The zero-order chi connectivity index (χ0) is 23.1. The second-order valence-corrected chi connectivity index (χ2v) is 9.57. The fourth-order valence-electron chi connectivity index (χ4n) is 5.38. The highest BCUT2D eigenvalue weighted by molar-refractivity contribution is 5.94. The Morgan fingerprint density at radius 3 is 2.50 bits per heavy atom. The first-order valence-electron chi connectivity index (χ1n) is 10.3. The predicted molar refractivity (Wildman–Crippen MR) is 111 cm³/mol. The van der Waals surface area contributed by atoms with Crippen molar-refractivity contribution in [2.24, 2.45) is 5.41 Å². The van der Waals surface area contributed by atoms with E-state index in [4.69, 9.17) is 4.74 Å². The monoisotopic (exact) mass is 445 g/mol. The van der Waals surface area contributed by atoms with Gasteiger partial charge in [-0.2, -0.15) is 0 Å². The number of halogens is 3. The summed E-state index contributed by atoms with van der Waals surface area (Å²) in [6, 6.07) is 8.47. The molecule has 3 aromatic rings. The fourth-order valence-corrected chi connectivity index (χ4v) is 5.38. The van der Waals surface area contributed by atoms with Crippen LogP contribution in [0.25, 0.3) is 16.6 Å². The number of aromatic nitrogens is 1. The van der Waals surface area contributed by atoms with Crippen molar-refractivity contribution in [2.45, 2.75) is 37.7 Å². The third kappa shape index (κ3) is 2.59. The minimum Gasteiger partial charge on any atom is -0.507 e. The molecule has 0 saturated heterocycles. The van der Waals surface area contributed by atoms with Crippen LogP contribution in [-0.4, -0.2) is 34.0 Å². The quantitative estimate of drug-likeness (QED) is 0.598. The summed E-state index contributed by atoms with van der Waals surface area (Å²) in [7, 11) is 0. The lowest BCUT2D eigenvalue weighted by Crippen LogP contribution is -2.59. The molecule has 1 spiro atoms. The molecule has 168 valence electrons. The summed E-state index contributed by atoms with van der Waals surface area (Å²) < 4.78 is 49.6. The molecular weight excluding hydrogens is 423 g/mol. The van der Waals surface area contributed by atoms with Gasteiger partial charge in [-0.15, -0.1) is 0 Å². The van der Waals surface area contributed by atoms with Crippen molar-refractivity contribution in [2.75, 3.05) is 13.3 Å². The van der Waals surface area contributed by atoms with Gasteiger partial charge in [0.1, 0.15) is 17.8 Å². The third-order valence-corrected chi connectivity index (χ3v) is 6.90. The molecule has 1 aromatic heterocycles. The molecule has 1 fully saturated rings. The molecule has 5 nitrogen and oxygen atoms in total. The minimum absolute atomic E-state index is 0.0474. The summed E-state index contributed by atoms with van der Waals surface area (Å²) in [5.74, 6) is -3.26. The lowest BCUT2D eigenvalue weighted by Gasteiger charge is -2.56. The van der Waals surface area contributed by atoms with Crippen LogP contribution in [0.4, 0.5) is 13.2 Å². The highest BCUT2D eigenvalue weighted by Gasteiger charge is 2.65. The lowest BCUT2D eigenvalue weighted by molar-refractivity contribution is -0.213. The number of nitrogens with zero attached hydrogens (tertiary/aromatic N) is 1. The molecule has 0 atom stereocenters. The van der Waals surface area contributed by atoms with Crippen molar-refractivity contribution in [3.05, 3.63) is 59.3 Å². The van der Waals surface area contributed by atoms with Crippen LogP contribution in [0.1, 0.15) is 37.9 Å².